The first kappa shape index (κ1) is 20.6. The second-order valence-corrected chi connectivity index (χ2v) is 8.52. The lowest BCUT2D eigenvalue weighted by molar-refractivity contribution is -0.129. The number of aliphatic hydroxyl groups excluding tert-OH is 1. The van der Waals surface area contributed by atoms with Gasteiger partial charge in [-0.15, -0.1) is 0 Å². The molecule has 3 aromatic rings. The van der Waals surface area contributed by atoms with Crippen LogP contribution in [-0.2, 0) is 16.6 Å². The topological polar surface area (TPSA) is 58.4 Å². The second-order valence-electron chi connectivity index (χ2n) is 8.08. The van der Waals surface area contributed by atoms with Gasteiger partial charge in [0.05, 0.1) is 24.4 Å². The molecule has 4 rings (SSSR count). The van der Waals surface area contributed by atoms with Gasteiger partial charge in [-0.25, -0.2) is 4.68 Å². The van der Waals surface area contributed by atoms with Crippen molar-refractivity contribution in [1.29, 1.82) is 0 Å². The van der Waals surface area contributed by atoms with Crippen molar-refractivity contribution >= 4 is 17.5 Å². The zero-order chi connectivity index (χ0) is 21.3. The molecule has 6 heteroatoms. The van der Waals surface area contributed by atoms with Crippen LogP contribution in [0.5, 0.6) is 0 Å². The molecule has 1 unspecified atom stereocenters. The van der Waals surface area contributed by atoms with Gasteiger partial charge in [-0.1, -0.05) is 41.9 Å². The average Bonchev–Trinajstić information content (AvgIpc) is 3.33. The van der Waals surface area contributed by atoms with Gasteiger partial charge in [0.15, 0.2) is 0 Å². The number of aromatic nitrogens is 2. The fourth-order valence-electron chi connectivity index (χ4n) is 4.36. The van der Waals surface area contributed by atoms with Gasteiger partial charge in [0.25, 0.3) is 0 Å². The molecule has 2 aromatic carbocycles. The summed E-state index contributed by atoms with van der Waals surface area (Å²) in [4.78, 5) is 15.0. The summed E-state index contributed by atoms with van der Waals surface area (Å²) in [5.41, 5.74) is 4.39. The molecule has 1 atom stereocenters. The maximum Gasteiger partial charge on any atom is 0.227 e. The zero-order valence-corrected chi connectivity index (χ0v) is 18.1. The van der Waals surface area contributed by atoms with Crippen LogP contribution in [0, 0.1) is 13.8 Å². The van der Waals surface area contributed by atoms with Crippen LogP contribution in [0.3, 0.4) is 0 Å². The molecule has 5 nitrogen and oxygen atoms in total. The molecule has 1 amide bonds. The van der Waals surface area contributed by atoms with Gasteiger partial charge in [-0.05, 0) is 50.1 Å². The van der Waals surface area contributed by atoms with E-state index >= 15 is 0 Å². The van der Waals surface area contributed by atoms with E-state index in [0.717, 1.165) is 34.6 Å². The summed E-state index contributed by atoms with van der Waals surface area (Å²) in [5, 5.41) is 15.5. The minimum atomic E-state index is -0.380. The molecule has 1 fully saturated rings. The second kappa shape index (κ2) is 8.25. The molecule has 2 heterocycles. The number of nitrogens with zero attached hydrogens (tertiary/aromatic N) is 3. The summed E-state index contributed by atoms with van der Waals surface area (Å²) >= 11 is 6.00. The molecule has 30 heavy (non-hydrogen) atoms. The maximum atomic E-state index is 13.1. The maximum absolute atomic E-state index is 13.1. The number of hydrogen-bond acceptors (Lipinski definition) is 3. The van der Waals surface area contributed by atoms with Crippen molar-refractivity contribution in [2.45, 2.75) is 32.1 Å². The van der Waals surface area contributed by atoms with Crippen molar-refractivity contribution < 1.29 is 9.90 Å². The van der Waals surface area contributed by atoms with Gasteiger partial charge in [0.2, 0.25) is 5.91 Å². The molecular weight excluding hydrogens is 398 g/mol. The van der Waals surface area contributed by atoms with E-state index in [1.807, 2.05) is 78.0 Å². The normalized spacial score (nSPS) is 18.7. The number of carbonyl (C=O) groups excluding carboxylic acids is 1. The Morgan fingerprint density at radius 3 is 2.50 bits per heavy atom. The molecule has 156 valence electrons. The fraction of sp³-hybridized carbons (Fsp3) is 0.333. The van der Waals surface area contributed by atoms with Crippen LogP contribution in [0.2, 0.25) is 5.02 Å². The zero-order valence-electron chi connectivity index (χ0n) is 17.3. The third-order valence-electron chi connectivity index (χ3n) is 6.24. The predicted octanol–water partition coefficient (Wildman–Crippen LogP) is 3.85. The lowest BCUT2D eigenvalue weighted by Crippen LogP contribution is -2.37. The Hall–Kier alpha value is -2.63. The highest BCUT2D eigenvalue weighted by Gasteiger charge is 2.41. The first-order chi connectivity index (χ1) is 14.4. The Morgan fingerprint density at radius 2 is 1.83 bits per heavy atom. The summed E-state index contributed by atoms with van der Waals surface area (Å²) in [5.74, 6) is 0.0723. The Morgan fingerprint density at radius 1 is 1.13 bits per heavy atom. The van der Waals surface area contributed by atoms with Crippen molar-refractivity contribution in [3.8, 4) is 5.69 Å². The Bertz CT molecular complexity index is 1050. The van der Waals surface area contributed by atoms with E-state index in [1.165, 1.54) is 0 Å². The van der Waals surface area contributed by atoms with Crippen LogP contribution in [0.4, 0.5) is 0 Å². The average molecular weight is 424 g/mol. The molecule has 1 saturated heterocycles. The van der Waals surface area contributed by atoms with E-state index in [-0.39, 0.29) is 17.9 Å². The number of aliphatic hydroxyl groups is 1. The summed E-state index contributed by atoms with van der Waals surface area (Å²) in [6, 6.07) is 17.5. The van der Waals surface area contributed by atoms with Crippen molar-refractivity contribution in [2.75, 3.05) is 19.7 Å². The Balaban J connectivity index is 1.53. The first-order valence-electron chi connectivity index (χ1n) is 10.2. The minimum absolute atomic E-state index is 0.0351. The van der Waals surface area contributed by atoms with Crippen molar-refractivity contribution in [2.24, 2.45) is 0 Å². The van der Waals surface area contributed by atoms with Crippen LogP contribution in [0.15, 0.2) is 54.6 Å². The first-order valence-corrected chi connectivity index (χ1v) is 10.6. The largest absolute Gasteiger partial charge is 0.395 e. The molecule has 0 aliphatic carbocycles. The molecule has 1 aromatic heterocycles. The van der Waals surface area contributed by atoms with E-state index in [4.69, 9.17) is 11.6 Å². The Labute approximate surface area is 181 Å². The SMILES string of the molecule is Cc1nn(-c2ccc(Cl)cc2)c(C)c1CC(=O)N1CCC(CO)(c2ccccc2)C1. The summed E-state index contributed by atoms with van der Waals surface area (Å²) < 4.78 is 1.86. The lowest BCUT2D eigenvalue weighted by atomic mass is 9.80. The molecule has 1 aliphatic heterocycles. The molecule has 0 radical (unpaired) electrons. The van der Waals surface area contributed by atoms with E-state index < -0.39 is 0 Å². The van der Waals surface area contributed by atoms with Gasteiger partial charge in [-0.2, -0.15) is 5.10 Å². The number of hydrogen-bond donors (Lipinski definition) is 1. The molecule has 1 aliphatic rings. The van der Waals surface area contributed by atoms with Gasteiger partial charge in [-0.3, -0.25) is 4.79 Å². The number of benzene rings is 2. The number of likely N-dealkylation sites (tertiary alicyclic amines) is 1. The van der Waals surface area contributed by atoms with Crippen molar-refractivity contribution in [3.05, 3.63) is 82.1 Å². The number of carbonyl (C=O) groups is 1. The third kappa shape index (κ3) is 3.75. The molecule has 1 N–H and O–H groups in total. The predicted molar refractivity (Wildman–Crippen MR) is 118 cm³/mol. The summed E-state index contributed by atoms with van der Waals surface area (Å²) in [6.45, 7) is 5.15. The fourth-order valence-corrected chi connectivity index (χ4v) is 4.49. The van der Waals surface area contributed by atoms with Gasteiger partial charge in [0.1, 0.15) is 0 Å². The molecule has 0 bridgehead atoms. The number of rotatable bonds is 5. The summed E-state index contributed by atoms with van der Waals surface area (Å²) in [6.07, 6.45) is 1.07. The molecular formula is C24H26ClN3O2. The van der Waals surface area contributed by atoms with E-state index in [9.17, 15) is 9.90 Å². The Kier molecular flexibility index (Phi) is 5.67. The van der Waals surface area contributed by atoms with Gasteiger partial charge < -0.3 is 10.0 Å². The highest BCUT2D eigenvalue weighted by Crippen LogP contribution is 2.34. The van der Waals surface area contributed by atoms with Gasteiger partial charge in [0, 0.05) is 34.8 Å². The van der Waals surface area contributed by atoms with Crippen molar-refractivity contribution in [1.82, 2.24) is 14.7 Å². The van der Waals surface area contributed by atoms with Gasteiger partial charge >= 0.3 is 0 Å². The van der Waals surface area contributed by atoms with E-state index in [2.05, 4.69) is 5.10 Å². The van der Waals surface area contributed by atoms with Crippen LogP contribution in [0.1, 0.15) is 28.9 Å². The lowest BCUT2D eigenvalue weighted by Gasteiger charge is -2.27. The standard InChI is InChI=1S/C24H26ClN3O2/c1-17-22(18(2)28(26-17)21-10-8-20(25)9-11-21)14-23(30)27-13-12-24(15-27,16-29)19-6-4-3-5-7-19/h3-11,29H,12-16H2,1-2H3. The number of halogens is 1. The van der Waals surface area contributed by atoms with Crippen LogP contribution < -0.4 is 0 Å². The highest BCUT2D eigenvalue weighted by molar-refractivity contribution is 6.30. The number of aryl methyl sites for hydroxylation is 1. The number of amides is 1. The van der Waals surface area contributed by atoms with E-state index in [1.54, 1.807) is 0 Å². The van der Waals surface area contributed by atoms with Crippen LogP contribution in [0.25, 0.3) is 5.69 Å². The third-order valence-corrected chi connectivity index (χ3v) is 6.49. The summed E-state index contributed by atoms with van der Waals surface area (Å²) in [7, 11) is 0. The van der Waals surface area contributed by atoms with Crippen LogP contribution in [-0.4, -0.2) is 45.4 Å². The smallest absolute Gasteiger partial charge is 0.227 e. The quantitative estimate of drug-likeness (QED) is 0.678. The monoisotopic (exact) mass is 423 g/mol. The van der Waals surface area contributed by atoms with E-state index in [0.29, 0.717) is 24.5 Å². The minimum Gasteiger partial charge on any atom is -0.395 e. The van der Waals surface area contributed by atoms with Crippen LogP contribution >= 0.6 is 11.6 Å². The molecule has 0 spiro atoms. The van der Waals surface area contributed by atoms with Crippen molar-refractivity contribution in [3.63, 3.8) is 0 Å². The highest BCUT2D eigenvalue weighted by atomic mass is 35.5. The molecule has 0 saturated carbocycles.